The zero-order chi connectivity index (χ0) is 13.1. The van der Waals surface area contributed by atoms with Crippen molar-refractivity contribution in [2.75, 3.05) is 0 Å². The summed E-state index contributed by atoms with van der Waals surface area (Å²) in [6.07, 6.45) is 7.76. The van der Waals surface area contributed by atoms with Gasteiger partial charge in [-0.15, -0.1) is 6.58 Å². The lowest BCUT2D eigenvalue weighted by molar-refractivity contribution is -0.144. The molecule has 2 nitrogen and oxygen atoms in total. The Morgan fingerprint density at radius 1 is 1.59 bits per heavy atom. The lowest BCUT2D eigenvalue weighted by Crippen LogP contribution is -2.44. The summed E-state index contributed by atoms with van der Waals surface area (Å²) in [6.45, 7) is 11.7. The maximum absolute atomic E-state index is 10.2. The molecular weight excluding hydrogens is 212 g/mol. The molecule has 0 aromatic carbocycles. The first kappa shape index (κ1) is 14.5. The molecule has 0 radical (unpaired) electrons. The number of hydrogen-bond donors (Lipinski definition) is 1. The van der Waals surface area contributed by atoms with Gasteiger partial charge in [0, 0.05) is 0 Å². The molecule has 0 spiro atoms. The maximum atomic E-state index is 10.2. The molecule has 0 saturated carbocycles. The van der Waals surface area contributed by atoms with Gasteiger partial charge in [0.1, 0.15) is 0 Å². The third-order valence-electron chi connectivity index (χ3n) is 3.57. The zero-order valence-electron chi connectivity index (χ0n) is 11.6. The van der Waals surface area contributed by atoms with Gasteiger partial charge in [0.2, 0.25) is 0 Å². The quantitative estimate of drug-likeness (QED) is 0.745. The van der Waals surface area contributed by atoms with E-state index >= 15 is 0 Å². The summed E-state index contributed by atoms with van der Waals surface area (Å²) in [5.74, 6) is 0. The molecule has 0 aromatic rings. The highest BCUT2D eigenvalue weighted by molar-refractivity contribution is 5.04. The molecule has 0 aromatic heterocycles. The molecular formula is C15H26O2. The van der Waals surface area contributed by atoms with E-state index in [-0.39, 0.29) is 11.7 Å². The summed E-state index contributed by atoms with van der Waals surface area (Å²) >= 11 is 0. The monoisotopic (exact) mass is 238 g/mol. The summed E-state index contributed by atoms with van der Waals surface area (Å²) in [5, 5.41) is 10.2. The van der Waals surface area contributed by atoms with Crippen LogP contribution in [0.5, 0.6) is 0 Å². The van der Waals surface area contributed by atoms with Crippen LogP contribution in [0.4, 0.5) is 0 Å². The highest BCUT2D eigenvalue weighted by Crippen LogP contribution is 2.30. The van der Waals surface area contributed by atoms with Crippen molar-refractivity contribution in [2.45, 2.75) is 70.7 Å². The van der Waals surface area contributed by atoms with Crippen molar-refractivity contribution in [1.82, 2.24) is 0 Å². The Morgan fingerprint density at radius 2 is 2.24 bits per heavy atom. The van der Waals surface area contributed by atoms with E-state index in [0.29, 0.717) is 0 Å². The molecule has 1 rings (SSSR count). The SMILES string of the molecule is C=CC1(C)CC/C=C(/C)CCC(C(C)(C)O)O1. The van der Waals surface area contributed by atoms with E-state index in [0.717, 1.165) is 25.7 Å². The number of ether oxygens (including phenoxy) is 1. The second-order valence-corrected chi connectivity index (χ2v) is 5.90. The summed E-state index contributed by atoms with van der Waals surface area (Å²) < 4.78 is 6.12. The molecule has 0 amide bonds. The van der Waals surface area contributed by atoms with Crippen LogP contribution in [0.1, 0.15) is 53.4 Å². The van der Waals surface area contributed by atoms with Crippen molar-refractivity contribution in [3.63, 3.8) is 0 Å². The lowest BCUT2D eigenvalue weighted by atomic mass is 9.94. The number of hydrogen-bond acceptors (Lipinski definition) is 2. The Balaban J connectivity index is 2.91. The predicted molar refractivity (Wildman–Crippen MR) is 72.0 cm³/mol. The van der Waals surface area contributed by atoms with Crippen LogP contribution < -0.4 is 0 Å². The van der Waals surface area contributed by atoms with Gasteiger partial charge < -0.3 is 9.84 Å². The van der Waals surface area contributed by atoms with Crippen molar-refractivity contribution in [3.05, 3.63) is 24.3 Å². The van der Waals surface area contributed by atoms with E-state index in [9.17, 15) is 5.11 Å². The van der Waals surface area contributed by atoms with Crippen LogP contribution in [0.25, 0.3) is 0 Å². The standard InChI is InChI=1S/C15H26O2/c1-6-15(5)11-7-8-12(2)9-10-13(17-15)14(3,4)16/h6,8,13,16H,1,7,9-11H2,2-5H3/b12-8-. The van der Waals surface area contributed by atoms with E-state index in [1.165, 1.54) is 5.57 Å². The molecule has 0 aliphatic carbocycles. The van der Waals surface area contributed by atoms with Crippen LogP contribution >= 0.6 is 0 Å². The Morgan fingerprint density at radius 3 is 2.76 bits per heavy atom. The first-order valence-electron chi connectivity index (χ1n) is 6.46. The maximum Gasteiger partial charge on any atom is 0.0871 e. The van der Waals surface area contributed by atoms with E-state index < -0.39 is 5.60 Å². The van der Waals surface area contributed by atoms with Gasteiger partial charge in [-0.25, -0.2) is 0 Å². The molecule has 2 heteroatoms. The summed E-state index contributed by atoms with van der Waals surface area (Å²) in [6, 6.07) is 0. The number of aliphatic hydroxyl groups is 1. The number of rotatable bonds is 2. The molecule has 0 fully saturated rings. The molecule has 98 valence electrons. The highest BCUT2D eigenvalue weighted by Gasteiger charge is 2.34. The minimum absolute atomic E-state index is 0.146. The van der Waals surface area contributed by atoms with Gasteiger partial charge in [-0.3, -0.25) is 0 Å². The first-order chi connectivity index (χ1) is 7.77. The van der Waals surface area contributed by atoms with E-state index in [2.05, 4.69) is 19.6 Å². The molecule has 0 saturated heterocycles. The highest BCUT2D eigenvalue weighted by atomic mass is 16.5. The van der Waals surface area contributed by atoms with Gasteiger partial charge >= 0.3 is 0 Å². The summed E-state index contributed by atoms with van der Waals surface area (Å²) in [4.78, 5) is 0. The Hall–Kier alpha value is -0.600. The average molecular weight is 238 g/mol. The van der Waals surface area contributed by atoms with Crippen molar-refractivity contribution in [2.24, 2.45) is 0 Å². The third kappa shape index (κ3) is 4.29. The molecule has 1 N–H and O–H groups in total. The van der Waals surface area contributed by atoms with E-state index in [1.807, 2.05) is 26.8 Å². The van der Waals surface area contributed by atoms with Crippen LogP contribution in [-0.4, -0.2) is 22.4 Å². The van der Waals surface area contributed by atoms with Crippen LogP contribution in [0.15, 0.2) is 24.3 Å². The molecule has 1 heterocycles. The van der Waals surface area contributed by atoms with Crippen LogP contribution in [0.2, 0.25) is 0 Å². The van der Waals surface area contributed by atoms with Crippen molar-refractivity contribution < 1.29 is 9.84 Å². The van der Waals surface area contributed by atoms with E-state index in [4.69, 9.17) is 4.74 Å². The first-order valence-corrected chi connectivity index (χ1v) is 6.46. The fourth-order valence-electron chi connectivity index (χ4n) is 2.16. The van der Waals surface area contributed by atoms with Crippen molar-refractivity contribution in [3.8, 4) is 0 Å². The fraction of sp³-hybridized carbons (Fsp3) is 0.733. The molecule has 0 bridgehead atoms. The van der Waals surface area contributed by atoms with Crippen molar-refractivity contribution in [1.29, 1.82) is 0 Å². The number of allylic oxidation sites excluding steroid dienone is 2. The fourth-order valence-corrected chi connectivity index (χ4v) is 2.16. The topological polar surface area (TPSA) is 29.5 Å². The van der Waals surface area contributed by atoms with Gasteiger partial charge in [-0.1, -0.05) is 17.7 Å². The third-order valence-corrected chi connectivity index (χ3v) is 3.57. The predicted octanol–water partition coefficient (Wildman–Crippen LogP) is 3.61. The molecule has 2 unspecified atom stereocenters. The summed E-state index contributed by atoms with van der Waals surface area (Å²) in [7, 11) is 0. The molecule has 2 atom stereocenters. The van der Waals surface area contributed by atoms with Crippen LogP contribution in [0.3, 0.4) is 0 Å². The molecule has 17 heavy (non-hydrogen) atoms. The van der Waals surface area contributed by atoms with Gasteiger partial charge in [-0.05, 0) is 53.4 Å². The summed E-state index contributed by atoms with van der Waals surface area (Å²) in [5.41, 5.74) is 0.233. The molecule has 1 aliphatic heterocycles. The Bertz CT molecular complexity index is 299. The average Bonchev–Trinajstić information content (AvgIpc) is 2.28. The van der Waals surface area contributed by atoms with E-state index in [1.54, 1.807) is 0 Å². The Labute approximate surface area is 105 Å². The molecule has 1 aliphatic rings. The van der Waals surface area contributed by atoms with Gasteiger partial charge in [-0.2, -0.15) is 0 Å². The minimum atomic E-state index is -0.811. The van der Waals surface area contributed by atoms with Crippen molar-refractivity contribution >= 4 is 0 Å². The Kier molecular flexibility index (Phi) is 4.56. The van der Waals surface area contributed by atoms with Gasteiger partial charge in [0.15, 0.2) is 0 Å². The van der Waals surface area contributed by atoms with Crippen LogP contribution in [0, 0.1) is 0 Å². The second-order valence-electron chi connectivity index (χ2n) is 5.90. The van der Waals surface area contributed by atoms with Gasteiger partial charge in [0.25, 0.3) is 0 Å². The zero-order valence-corrected chi connectivity index (χ0v) is 11.6. The second kappa shape index (κ2) is 5.36. The largest absolute Gasteiger partial charge is 0.388 e. The van der Waals surface area contributed by atoms with Crippen LogP contribution in [-0.2, 0) is 4.74 Å². The normalized spacial score (nSPS) is 35.1. The lowest BCUT2D eigenvalue weighted by Gasteiger charge is -2.37. The minimum Gasteiger partial charge on any atom is -0.388 e. The smallest absolute Gasteiger partial charge is 0.0871 e. The van der Waals surface area contributed by atoms with Gasteiger partial charge in [0.05, 0.1) is 17.3 Å².